The van der Waals surface area contributed by atoms with Crippen molar-refractivity contribution >= 4 is 59.5 Å². The number of hydrogen-bond acceptors (Lipinski definition) is 13. The minimum absolute atomic E-state index is 0.148. The molecule has 3 aliphatic rings. The molecular weight excluding hydrogens is 697 g/mol. The van der Waals surface area contributed by atoms with Crippen LogP contribution in [0.5, 0.6) is 0 Å². The van der Waals surface area contributed by atoms with Gasteiger partial charge in [-0.2, -0.15) is 0 Å². The fraction of sp³-hybridized carbons (Fsp3) is 0.118. The van der Waals surface area contributed by atoms with Crippen molar-refractivity contribution in [3.63, 3.8) is 0 Å². The van der Waals surface area contributed by atoms with E-state index >= 15 is 8.63 Å². The molecule has 3 aliphatic heterocycles. The molecule has 0 atom stereocenters. The fourth-order valence-corrected chi connectivity index (χ4v) is 5.10. The quantitative estimate of drug-likeness (QED) is 0.201. The van der Waals surface area contributed by atoms with E-state index in [-0.39, 0.29) is 41.8 Å². The van der Waals surface area contributed by atoms with E-state index in [1.807, 2.05) is 0 Å². The summed E-state index contributed by atoms with van der Waals surface area (Å²) in [5, 5.41) is 23.4. The molecule has 7 rings (SSSR count). The van der Waals surface area contributed by atoms with Gasteiger partial charge in [0.1, 0.15) is 22.8 Å². The second kappa shape index (κ2) is 16.2. The van der Waals surface area contributed by atoms with Gasteiger partial charge in [-0.1, -0.05) is 133 Å². The maximum absolute atomic E-state index is 17.2. The van der Waals surface area contributed by atoms with Crippen LogP contribution < -0.4 is 0 Å². The standard InChI is InChI=1S/C34H30B2ClF2N7O6/c1-3-46(4-2)34-33(37)44-51-35(38)47-40-29(25-17-9-5-10-18-25)31(27-21-13-7-14-22-27)42-49-36(39,52-45-34)50-43-32(28-23-15-8-16-24-28)30(41-48-35)26-19-11-6-12-20-26/h5-24H,3-4H2,1-2H3/q-2/b40-29+,41-30+,42-31+,43-32+,44-33?,45-34-. The number of rotatable bonds is 6. The van der Waals surface area contributed by atoms with Gasteiger partial charge in [0, 0.05) is 35.3 Å². The number of benzene rings is 4. The summed E-state index contributed by atoms with van der Waals surface area (Å²) in [4.78, 5) is 1.51. The molecule has 0 N–H and O–H groups in total. The molecule has 0 fully saturated rings. The smallest absolute Gasteiger partial charge is 0.509 e. The first-order valence-electron chi connectivity index (χ1n) is 16.1. The van der Waals surface area contributed by atoms with Gasteiger partial charge in [-0.25, -0.2) is 0 Å². The van der Waals surface area contributed by atoms with E-state index in [0.717, 1.165) is 0 Å². The highest BCUT2D eigenvalue weighted by Gasteiger charge is 2.44. The number of fused-ring (bicyclic) bond motifs is 9. The van der Waals surface area contributed by atoms with Crippen LogP contribution in [0.4, 0.5) is 8.63 Å². The Bertz CT molecular complexity index is 1910. The number of amidine groups is 1. The number of hydrogen-bond donors (Lipinski definition) is 0. The normalized spacial score (nSPS) is 25.8. The van der Waals surface area contributed by atoms with Crippen LogP contribution in [-0.2, 0) is 28.5 Å². The molecule has 0 unspecified atom stereocenters. The molecule has 4 aromatic rings. The predicted octanol–water partition coefficient (Wildman–Crippen LogP) is 6.75. The molecule has 4 aromatic carbocycles. The van der Waals surface area contributed by atoms with E-state index in [4.69, 9.17) is 40.1 Å². The average Bonchev–Trinajstić information content (AvgIpc) is 3.19. The van der Waals surface area contributed by atoms with Gasteiger partial charge in [-0.15, -0.1) is 30.9 Å². The summed E-state index contributed by atoms with van der Waals surface area (Å²) in [5.74, 6) is -0.295. The number of oxime groups is 6. The maximum atomic E-state index is 17.2. The molecule has 0 saturated heterocycles. The van der Waals surface area contributed by atoms with Crippen LogP contribution in [0.3, 0.4) is 0 Å². The average molecular weight is 728 g/mol. The summed E-state index contributed by atoms with van der Waals surface area (Å²) >= 11 is 6.45. The summed E-state index contributed by atoms with van der Waals surface area (Å²) in [5.41, 5.74) is 0.761. The van der Waals surface area contributed by atoms with Gasteiger partial charge < -0.3 is 42.1 Å². The monoisotopic (exact) mass is 727 g/mol. The van der Waals surface area contributed by atoms with Gasteiger partial charge in [0.2, 0.25) is 11.0 Å². The minimum atomic E-state index is -4.59. The van der Waals surface area contributed by atoms with E-state index < -0.39 is 19.2 Å². The lowest BCUT2D eigenvalue weighted by Crippen LogP contribution is -2.43. The Morgan fingerprint density at radius 3 is 1.02 bits per heavy atom. The largest absolute Gasteiger partial charge is 0.812 e. The Labute approximate surface area is 302 Å². The van der Waals surface area contributed by atoms with Crippen molar-refractivity contribution in [3.05, 3.63) is 144 Å². The Morgan fingerprint density at radius 1 is 0.462 bits per heavy atom. The lowest BCUT2D eigenvalue weighted by molar-refractivity contribution is 0.0212. The van der Waals surface area contributed by atoms with E-state index in [9.17, 15) is 0 Å². The number of halogens is 3. The molecular formula is C34H30B2ClF2N7O6-2. The van der Waals surface area contributed by atoms with Crippen LogP contribution in [-0.4, -0.2) is 65.9 Å². The van der Waals surface area contributed by atoms with Crippen LogP contribution >= 0.6 is 11.6 Å². The molecule has 0 aromatic heterocycles. The zero-order chi connectivity index (χ0) is 36.4. The number of nitrogens with zero attached hydrogens (tertiary/aromatic N) is 7. The zero-order valence-electron chi connectivity index (χ0n) is 27.8. The van der Waals surface area contributed by atoms with Gasteiger partial charge in [0.05, 0.1) is 0 Å². The highest BCUT2D eigenvalue weighted by atomic mass is 35.5. The van der Waals surface area contributed by atoms with Crippen molar-refractivity contribution in [1.82, 2.24) is 4.90 Å². The fourth-order valence-electron chi connectivity index (χ4n) is 4.90. The molecule has 13 nitrogen and oxygen atoms in total. The Kier molecular flexibility index (Phi) is 11.1. The molecule has 18 heteroatoms. The van der Waals surface area contributed by atoms with Crippen molar-refractivity contribution in [3.8, 4) is 0 Å². The van der Waals surface area contributed by atoms with Crippen LogP contribution in [0.2, 0.25) is 0 Å². The third kappa shape index (κ3) is 8.38. The van der Waals surface area contributed by atoms with Crippen LogP contribution in [0, 0.1) is 0 Å². The Hall–Kier alpha value is -6.22. The molecule has 0 radical (unpaired) electrons. The van der Waals surface area contributed by atoms with Gasteiger partial charge in [-0.05, 0) is 13.8 Å². The maximum Gasteiger partial charge on any atom is 0.812 e. The summed E-state index contributed by atoms with van der Waals surface area (Å²) < 4.78 is 66.6. The highest BCUT2D eigenvalue weighted by molar-refractivity contribution is 6.83. The lowest BCUT2D eigenvalue weighted by Gasteiger charge is -2.31. The van der Waals surface area contributed by atoms with Crippen molar-refractivity contribution in [2.24, 2.45) is 30.9 Å². The highest BCUT2D eigenvalue weighted by Crippen LogP contribution is 2.23. The first kappa shape index (κ1) is 35.6. The summed E-state index contributed by atoms with van der Waals surface area (Å²) in [6.45, 7) is 4.06. The molecule has 0 spiro atoms. The molecule has 0 aliphatic carbocycles. The topological polar surface area (TPSA) is 133 Å². The van der Waals surface area contributed by atoms with Crippen LogP contribution in [0.25, 0.3) is 0 Å². The molecule has 0 amide bonds. The summed E-state index contributed by atoms with van der Waals surface area (Å²) in [6.07, 6.45) is 0. The second-order valence-electron chi connectivity index (χ2n) is 10.9. The van der Waals surface area contributed by atoms with E-state index in [2.05, 4.69) is 30.9 Å². The third-order valence-corrected chi connectivity index (χ3v) is 7.73. The van der Waals surface area contributed by atoms with Gasteiger partial charge in [0.15, 0.2) is 0 Å². The van der Waals surface area contributed by atoms with Gasteiger partial charge >= 0.3 is 14.1 Å². The van der Waals surface area contributed by atoms with Gasteiger partial charge in [0.25, 0.3) is 0 Å². The Morgan fingerprint density at radius 2 is 0.731 bits per heavy atom. The molecule has 266 valence electrons. The predicted molar refractivity (Wildman–Crippen MR) is 196 cm³/mol. The first-order chi connectivity index (χ1) is 25.3. The summed E-state index contributed by atoms with van der Waals surface area (Å²) in [6, 6.07) is 33.5. The SMILES string of the molecule is CCN(CC)/C1=N\O[B-]2(F)O/N=C(c3ccccc3)/C(c3ccccc3)=N/O[B-](F)(ON=C1Cl)O/N=C(c1ccccc1)/C(c1ccccc1)=N/O2. The van der Waals surface area contributed by atoms with E-state index in [0.29, 0.717) is 22.3 Å². The molecule has 2 bridgehead atoms. The van der Waals surface area contributed by atoms with Gasteiger partial charge in [-0.3, -0.25) is 0 Å². The van der Waals surface area contributed by atoms with Crippen LogP contribution in [0.15, 0.2) is 152 Å². The third-order valence-electron chi connectivity index (χ3n) is 7.49. The van der Waals surface area contributed by atoms with Crippen molar-refractivity contribution in [1.29, 1.82) is 0 Å². The van der Waals surface area contributed by atoms with E-state index in [1.165, 1.54) is 4.90 Å². The molecule has 3 heterocycles. The zero-order valence-corrected chi connectivity index (χ0v) is 28.6. The van der Waals surface area contributed by atoms with E-state index in [1.54, 1.807) is 135 Å². The minimum Gasteiger partial charge on any atom is -0.509 e. The lowest BCUT2D eigenvalue weighted by atomic mass is 10.00. The Balaban J connectivity index is 1.64. The molecule has 52 heavy (non-hydrogen) atoms. The summed E-state index contributed by atoms with van der Waals surface area (Å²) in [7, 11) is -9.17. The van der Waals surface area contributed by atoms with Crippen molar-refractivity contribution in [2.45, 2.75) is 13.8 Å². The van der Waals surface area contributed by atoms with Crippen molar-refractivity contribution < 1.29 is 37.2 Å². The molecule has 0 saturated carbocycles. The van der Waals surface area contributed by atoms with Crippen LogP contribution in [0.1, 0.15) is 36.1 Å². The second-order valence-corrected chi connectivity index (χ2v) is 11.3. The first-order valence-corrected chi connectivity index (χ1v) is 16.5. The van der Waals surface area contributed by atoms with Crippen molar-refractivity contribution in [2.75, 3.05) is 13.1 Å².